The van der Waals surface area contributed by atoms with Gasteiger partial charge in [-0.25, -0.2) is 14.3 Å². The minimum absolute atomic E-state index is 0.0639. The molecule has 20 heteroatoms. The molecule has 0 spiro atoms. The Bertz CT molecular complexity index is 1830. The third-order valence-electron chi connectivity index (χ3n) is 7.28. The number of carbonyl (C=O) groups is 3. The van der Waals surface area contributed by atoms with E-state index in [9.17, 15) is 27.9 Å². The highest BCUT2D eigenvalue weighted by Crippen LogP contribution is 2.33. The number of nitrogens with zero attached hydrogens (tertiary/aromatic N) is 4. The topological polar surface area (TPSA) is 248 Å². The van der Waals surface area contributed by atoms with E-state index in [2.05, 4.69) is 30.4 Å². The van der Waals surface area contributed by atoms with Crippen LogP contribution in [0.4, 0.5) is 10.9 Å². The summed E-state index contributed by atoms with van der Waals surface area (Å²) in [6.45, 7) is 3.96. The van der Waals surface area contributed by atoms with E-state index in [0.717, 1.165) is 41.0 Å². The number of anilines is 2. The van der Waals surface area contributed by atoms with Crippen molar-refractivity contribution in [3.05, 3.63) is 41.5 Å². The Labute approximate surface area is 266 Å². The SMILES string of the molecule is C[n+]1ccc2cc(OCC(ON=C(C(=O)NC3C(=O)N(OS(=O)(=O)O)C3(C)C)c3csc(N)n3)C(=O)O)ccc2c1NC1CNC1. The number of oxime groups is 1. The van der Waals surface area contributed by atoms with Crippen LogP contribution < -0.4 is 31.0 Å². The summed E-state index contributed by atoms with van der Waals surface area (Å²) in [5.74, 6) is -2.15. The molecule has 0 aliphatic carbocycles. The number of fused-ring (bicyclic) bond motifs is 1. The number of nitrogen functional groups attached to an aromatic ring is 1. The van der Waals surface area contributed by atoms with Gasteiger partial charge in [0, 0.05) is 18.5 Å². The van der Waals surface area contributed by atoms with Crippen LogP contribution >= 0.6 is 11.3 Å². The van der Waals surface area contributed by atoms with E-state index >= 15 is 0 Å². The first kappa shape index (κ1) is 32.8. The average Bonchev–Trinajstić information content (AvgIpc) is 3.39. The summed E-state index contributed by atoms with van der Waals surface area (Å²) in [7, 11) is -3.08. The van der Waals surface area contributed by atoms with Gasteiger partial charge in [-0.3, -0.25) is 19.5 Å². The number of thiazole rings is 1. The molecular formula is C26H31N8O10S2+. The number of β-lactam (4-membered cyclic amide) rings is 1. The Hall–Kier alpha value is -4.63. The third-order valence-corrected chi connectivity index (χ3v) is 8.29. The number of amides is 2. The number of carboxylic acids is 1. The Morgan fingerprint density at radius 1 is 1.33 bits per heavy atom. The lowest BCUT2D eigenvalue weighted by molar-refractivity contribution is -0.656. The van der Waals surface area contributed by atoms with Crippen LogP contribution in [-0.4, -0.2) is 95.0 Å². The first-order valence-corrected chi connectivity index (χ1v) is 15.9. The molecule has 0 saturated carbocycles. The van der Waals surface area contributed by atoms with Crippen molar-refractivity contribution in [2.75, 3.05) is 30.7 Å². The van der Waals surface area contributed by atoms with Gasteiger partial charge in [0.1, 0.15) is 30.1 Å². The van der Waals surface area contributed by atoms with Gasteiger partial charge < -0.3 is 31.0 Å². The van der Waals surface area contributed by atoms with Crippen molar-refractivity contribution in [3.8, 4) is 5.75 Å². The largest absolute Gasteiger partial charge is 0.489 e. The van der Waals surface area contributed by atoms with Gasteiger partial charge in [0.2, 0.25) is 0 Å². The Balaban J connectivity index is 1.30. The monoisotopic (exact) mass is 679 g/mol. The number of carboxylic acid groups (broad SMARTS) is 1. The van der Waals surface area contributed by atoms with Crippen molar-refractivity contribution in [2.45, 2.75) is 37.6 Å². The van der Waals surface area contributed by atoms with Crippen molar-refractivity contribution in [1.82, 2.24) is 20.7 Å². The number of rotatable bonds is 13. The van der Waals surface area contributed by atoms with Crippen LogP contribution in [0.25, 0.3) is 10.8 Å². The van der Waals surface area contributed by atoms with E-state index in [0.29, 0.717) is 16.9 Å². The second-order valence-corrected chi connectivity index (χ2v) is 12.9. The van der Waals surface area contributed by atoms with Gasteiger partial charge in [-0.15, -0.1) is 15.6 Å². The lowest BCUT2D eigenvalue weighted by atomic mass is 9.84. The van der Waals surface area contributed by atoms with Crippen LogP contribution in [0.15, 0.2) is 41.0 Å². The number of ether oxygens (including phenoxy) is 1. The van der Waals surface area contributed by atoms with Gasteiger partial charge in [-0.05, 0) is 43.5 Å². The van der Waals surface area contributed by atoms with Crippen molar-refractivity contribution in [2.24, 2.45) is 12.2 Å². The molecule has 4 heterocycles. The zero-order chi connectivity index (χ0) is 33.4. The molecule has 2 saturated heterocycles. The molecule has 2 unspecified atom stereocenters. The molecule has 2 aliphatic rings. The maximum absolute atomic E-state index is 13.2. The number of aliphatic carboxylic acids is 1. The van der Waals surface area contributed by atoms with E-state index in [1.165, 1.54) is 19.2 Å². The first-order chi connectivity index (χ1) is 21.6. The molecule has 3 aromatic rings. The Kier molecular flexibility index (Phi) is 9.00. The summed E-state index contributed by atoms with van der Waals surface area (Å²) in [6, 6.07) is 6.19. The summed E-state index contributed by atoms with van der Waals surface area (Å²) in [5, 5.41) is 26.2. The van der Waals surface area contributed by atoms with Crippen LogP contribution in [0, 0.1) is 0 Å². The number of aromatic nitrogens is 2. The second kappa shape index (κ2) is 12.6. The predicted molar refractivity (Wildman–Crippen MR) is 162 cm³/mol. The standard InChI is InChI=1S/C26H30N8O10S2/c1-26(2)20(23(36)34(26)44-46(39,40)41)31-22(35)19(17-12-45-25(27)30-17)32-43-18(24(37)38)11-42-15-4-5-16-13(8-15)6-7-33(3)21(16)29-14-9-28-10-14/h4-8,12,14,18,20,28H,9-11H2,1-3H3,(H5,27,30,31,35,37,38,39,40,41)/p+1. The second-order valence-electron chi connectivity index (χ2n) is 11.0. The highest BCUT2D eigenvalue weighted by Gasteiger charge is 2.58. The quantitative estimate of drug-likeness (QED) is 0.0425. The summed E-state index contributed by atoms with van der Waals surface area (Å²) < 4.78 is 43.1. The van der Waals surface area contributed by atoms with Crippen LogP contribution in [0.2, 0.25) is 0 Å². The molecule has 2 fully saturated rings. The molecule has 246 valence electrons. The Morgan fingerprint density at radius 3 is 2.65 bits per heavy atom. The van der Waals surface area contributed by atoms with Crippen molar-refractivity contribution >= 4 is 67.0 Å². The fourth-order valence-electron chi connectivity index (χ4n) is 4.66. The van der Waals surface area contributed by atoms with Crippen LogP contribution in [-0.2, 0) is 41.0 Å². The molecular weight excluding hydrogens is 648 g/mol. The van der Waals surface area contributed by atoms with Crippen molar-refractivity contribution < 1.29 is 50.9 Å². The van der Waals surface area contributed by atoms with Gasteiger partial charge >= 0.3 is 16.4 Å². The number of hydrogen-bond acceptors (Lipinski definition) is 14. The van der Waals surface area contributed by atoms with Gasteiger partial charge in [-0.2, -0.15) is 13.5 Å². The van der Waals surface area contributed by atoms with E-state index < -0.39 is 58.2 Å². The number of carbonyl (C=O) groups excluding carboxylic acids is 2. The molecule has 46 heavy (non-hydrogen) atoms. The highest BCUT2D eigenvalue weighted by molar-refractivity contribution is 7.80. The molecule has 2 amide bonds. The maximum atomic E-state index is 13.2. The van der Waals surface area contributed by atoms with Gasteiger partial charge in [0.15, 0.2) is 10.8 Å². The van der Waals surface area contributed by atoms with Crippen molar-refractivity contribution in [1.29, 1.82) is 0 Å². The molecule has 2 aromatic heterocycles. The molecule has 1 aromatic carbocycles. The van der Waals surface area contributed by atoms with E-state index in [1.54, 1.807) is 12.1 Å². The van der Waals surface area contributed by atoms with E-state index in [4.69, 9.17) is 19.9 Å². The highest BCUT2D eigenvalue weighted by atomic mass is 32.3. The number of pyridine rings is 1. The number of aryl methyl sites for hydroxylation is 1. The lowest BCUT2D eigenvalue weighted by Gasteiger charge is -2.50. The number of benzene rings is 1. The van der Waals surface area contributed by atoms with E-state index in [-0.39, 0.29) is 10.8 Å². The van der Waals surface area contributed by atoms with Crippen molar-refractivity contribution in [3.63, 3.8) is 0 Å². The molecule has 2 atom stereocenters. The normalized spacial score (nSPS) is 18.8. The molecule has 0 radical (unpaired) electrons. The van der Waals surface area contributed by atoms with Crippen LogP contribution in [0.5, 0.6) is 5.75 Å². The zero-order valence-corrected chi connectivity index (χ0v) is 26.3. The maximum Gasteiger partial charge on any atom is 0.418 e. The first-order valence-electron chi connectivity index (χ1n) is 13.7. The molecule has 5 rings (SSSR count). The van der Waals surface area contributed by atoms with Crippen LogP contribution in [0.3, 0.4) is 0 Å². The summed E-state index contributed by atoms with van der Waals surface area (Å²) in [5.41, 5.74) is 3.69. The summed E-state index contributed by atoms with van der Waals surface area (Å²) >= 11 is 0.965. The minimum Gasteiger partial charge on any atom is -0.489 e. The minimum atomic E-state index is -5.01. The van der Waals surface area contributed by atoms with Gasteiger partial charge in [0.25, 0.3) is 23.7 Å². The molecule has 18 nitrogen and oxygen atoms in total. The van der Waals surface area contributed by atoms with Gasteiger partial charge in [0.05, 0.1) is 24.2 Å². The number of nitrogens with one attached hydrogen (secondary N) is 3. The number of nitrogens with two attached hydrogens (primary N) is 1. The predicted octanol–water partition coefficient (Wildman–Crippen LogP) is -0.820. The van der Waals surface area contributed by atoms with Gasteiger partial charge in [-0.1, -0.05) is 5.16 Å². The average molecular weight is 680 g/mol. The molecule has 2 aliphatic heterocycles. The zero-order valence-electron chi connectivity index (χ0n) is 24.7. The summed E-state index contributed by atoms with van der Waals surface area (Å²) in [4.78, 5) is 47.0. The molecule has 7 N–H and O–H groups in total. The fraction of sp³-hybridized carbons (Fsp3) is 0.385. The van der Waals surface area contributed by atoms with Crippen LogP contribution in [0.1, 0.15) is 19.5 Å². The summed E-state index contributed by atoms with van der Waals surface area (Å²) in [6.07, 6.45) is 0.222. The third kappa shape index (κ3) is 6.94. The number of hydrogen-bond donors (Lipinski definition) is 6. The Morgan fingerprint density at radius 2 is 2.07 bits per heavy atom. The number of hydroxylamine groups is 2. The fourth-order valence-corrected chi connectivity index (χ4v) is 5.66. The van der Waals surface area contributed by atoms with E-state index in [1.807, 2.05) is 29.9 Å². The lowest BCUT2D eigenvalue weighted by Crippen LogP contribution is -2.76. The molecule has 0 bridgehead atoms. The smallest absolute Gasteiger partial charge is 0.418 e.